The molecule has 1 saturated heterocycles. The van der Waals surface area contributed by atoms with Crippen LogP contribution in [0.25, 0.3) is 0 Å². The van der Waals surface area contributed by atoms with Gasteiger partial charge in [0.1, 0.15) is 0 Å². The second-order valence-electron chi connectivity index (χ2n) is 6.86. The van der Waals surface area contributed by atoms with Crippen molar-refractivity contribution in [3.8, 4) is 0 Å². The van der Waals surface area contributed by atoms with Crippen LogP contribution in [-0.2, 0) is 4.74 Å². The van der Waals surface area contributed by atoms with E-state index in [4.69, 9.17) is 9.73 Å². The van der Waals surface area contributed by atoms with E-state index in [0.717, 1.165) is 63.4 Å². The predicted octanol–water partition coefficient (Wildman–Crippen LogP) is 3.90. The van der Waals surface area contributed by atoms with Crippen molar-refractivity contribution in [1.82, 2.24) is 10.2 Å². The number of hydrogen-bond acceptors (Lipinski definition) is 2. The van der Waals surface area contributed by atoms with Crippen molar-refractivity contribution in [2.45, 2.75) is 65.4 Å². The van der Waals surface area contributed by atoms with E-state index < -0.39 is 0 Å². The van der Waals surface area contributed by atoms with Crippen LogP contribution < -0.4 is 5.32 Å². The number of nitrogens with zero attached hydrogens (tertiary/aromatic N) is 2. The number of nitrogens with one attached hydrogen (secondary N) is 1. The average Bonchev–Trinajstić information content (AvgIpc) is 2.54. The lowest BCUT2D eigenvalue weighted by Crippen LogP contribution is -2.47. The largest absolute Gasteiger partial charge is 0.378 e. The lowest BCUT2D eigenvalue weighted by atomic mass is 9.80. The second-order valence-corrected chi connectivity index (χ2v) is 6.86. The molecule has 1 N–H and O–H groups in total. The van der Waals surface area contributed by atoms with Crippen LogP contribution in [0, 0.1) is 11.8 Å². The molecule has 5 heteroatoms. The highest BCUT2D eigenvalue weighted by atomic mass is 127. The van der Waals surface area contributed by atoms with Crippen LogP contribution in [0.3, 0.4) is 0 Å². The van der Waals surface area contributed by atoms with E-state index in [1.165, 1.54) is 25.7 Å². The van der Waals surface area contributed by atoms with Crippen LogP contribution in [-0.4, -0.2) is 49.7 Å². The first-order valence-electron chi connectivity index (χ1n) is 9.39. The molecule has 0 aromatic carbocycles. The summed E-state index contributed by atoms with van der Waals surface area (Å²) in [5.41, 5.74) is 0. The van der Waals surface area contributed by atoms with Crippen LogP contribution >= 0.6 is 24.0 Å². The fourth-order valence-electron chi connectivity index (χ4n) is 3.76. The molecule has 2 aliphatic rings. The minimum Gasteiger partial charge on any atom is -0.378 e. The van der Waals surface area contributed by atoms with E-state index in [9.17, 15) is 0 Å². The Balaban J connectivity index is 0.00000264. The van der Waals surface area contributed by atoms with Gasteiger partial charge in [-0.1, -0.05) is 26.2 Å². The third-order valence-corrected chi connectivity index (χ3v) is 5.24. The maximum absolute atomic E-state index is 5.75. The number of rotatable bonds is 5. The summed E-state index contributed by atoms with van der Waals surface area (Å²) >= 11 is 0. The lowest BCUT2D eigenvalue weighted by molar-refractivity contribution is 0.0263. The van der Waals surface area contributed by atoms with Gasteiger partial charge in [0.15, 0.2) is 5.96 Å². The van der Waals surface area contributed by atoms with Crippen LogP contribution in [0.4, 0.5) is 0 Å². The molecule has 2 rings (SSSR count). The molecule has 1 aliphatic carbocycles. The number of halogens is 1. The first-order chi connectivity index (χ1) is 10.7. The van der Waals surface area contributed by atoms with Crippen molar-refractivity contribution in [3.05, 3.63) is 0 Å². The van der Waals surface area contributed by atoms with Crippen molar-refractivity contribution in [2.75, 3.05) is 32.8 Å². The fourth-order valence-corrected chi connectivity index (χ4v) is 3.76. The highest BCUT2D eigenvalue weighted by Gasteiger charge is 2.24. The van der Waals surface area contributed by atoms with Gasteiger partial charge >= 0.3 is 0 Å². The molecule has 23 heavy (non-hydrogen) atoms. The molecule has 0 radical (unpaired) electrons. The highest BCUT2D eigenvalue weighted by Crippen LogP contribution is 2.29. The minimum atomic E-state index is 0. The Kier molecular flexibility index (Phi) is 10.5. The van der Waals surface area contributed by atoms with Crippen LogP contribution in [0.1, 0.15) is 59.3 Å². The van der Waals surface area contributed by atoms with Crippen LogP contribution in [0.15, 0.2) is 4.99 Å². The van der Waals surface area contributed by atoms with Gasteiger partial charge in [-0.15, -0.1) is 24.0 Å². The summed E-state index contributed by atoms with van der Waals surface area (Å²) in [7, 11) is 0. The number of ether oxygens (including phenoxy) is 1. The zero-order valence-corrected chi connectivity index (χ0v) is 17.6. The normalized spacial score (nSPS) is 26.7. The molecule has 4 nitrogen and oxygen atoms in total. The third kappa shape index (κ3) is 6.77. The molecule has 2 fully saturated rings. The van der Waals surface area contributed by atoms with Gasteiger partial charge in [0.25, 0.3) is 0 Å². The molecule has 0 spiro atoms. The number of piperidine rings is 1. The van der Waals surface area contributed by atoms with Crippen LogP contribution in [0.5, 0.6) is 0 Å². The van der Waals surface area contributed by atoms with Gasteiger partial charge < -0.3 is 15.0 Å². The van der Waals surface area contributed by atoms with Crippen LogP contribution in [0.2, 0.25) is 0 Å². The number of aliphatic imine (C=N–C) groups is 1. The van der Waals surface area contributed by atoms with Gasteiger partial charge in [-0.25, -0.2) is 0 Å². The monoisotopic (exact) mass is 437 g/mol. The lowest BCUT2D eigenvalue weighted by Gasteiger charge is -2.34. The Labute approximate surface area is 159 Å². The molecular weight excluding hydrogens is 401 g/mol. The topological polar surface area (TPSA) is 36.9 Å². The molecule has 0 aromatic rings. The molecule has 1 aliphatic heterocycles. The molecule has 0 aromatic heterocycles. The molecule has 2 unspecified atom stereocenters. The summed E-state index contributed by atoms with van der Waals surface area (Å²) in [4.78, 5) is 7.40. The van der Waals surface area contributed by atoms with E-state index in [2.05, 4.69) is 31.0 Å². The van der Waals surface area contributed by atoms with Gasteiger partial charge in [-0.3, -0.25) is 4.99 Å². The van der Waals surface area contributed by atoms with Gasteiger partial charge in [-0.05, 0) is 44.9 Å². The molecule has 2 atom stereocenters. The second kappa shape index (κ2) is 11.5. The standard InChI is InChI=1S/C18H35N3O.HI/c1-4-19-18(20-14-16-9-7-6-8-15(16)3)21-12-10-17(11-13-21)22-5-2;/h15-17H,4-14H2,1-3H3,(H,19,20);1H. The number of likely N-dealkylation sites (tertiary alicyclic amines) is 1. The Hall–Kier alpha value is -0.0400. The number of hydrogen-bond donors (Lipinski definition) is 1. The summed E-state index contributed by atoms with van der Waals surface area (Å²) in [6.07, 6.45) is 8.23. The van der Waals surface area contributed by atoms with E-state index in [1.807, 2.05) is 0 Å². The number of guanidine groups is 1. The summed E-state index contributed by atoms with van der Waals surface area (Å²) in [5.74, 6) is 2.74. The maximum atomic E-state index is 5.75. The SMILES string of the molecule is CCNC(=NCC1CCCCC1C)N1CCC(OCC)CC1.I. The van der Waals surface area contributed by atoms with Crippen molar-refractivity contribution in [3.63, 3.8) is 0 Å². The zero-order chi connectivity index (χ0) is 15.8. The summed E-state index contributed by atoms with van der Waals surface area (Å²) in [6, 6.07) is 0. The van der Waals surface area contributed by atoms with E-state index in [-0.39, 0.29) is 24.0 Å². The minimum absolute atomic E-state index is 0. The van der Waals surface area contributed by atoms with Gasteiger partial charge in [0, 0.05) is 32.8 Å². The molecule has 1 heterocycles. The Morgan fingerprint density at radius 2 is 1.83 bits per heavy atom. The highest BCUT2D eigenvalue weighted by molar-refractivity contribution is 14.0. The van der Waals surface area contributed by atoms with Crippen molar-refractivity contribution < 1.29 is 4.74 Å². The average molecular weight is 437 g/mol. The molecule has 0 bridgehead atoms. The Morgan fingerprint density at radius 3 is 2.43 bits per heavy atom. The first kappa shape index (κ1) is 21.0. The smallest absolute Gasteiger partial charge is 0.193 e. The van der Waals surface area contributed by atoms with E-state index in [0.29, 0.717) is 6.10 Å². The maximum Gasteiger partial charge on any atom is 0.193 e. The van der Waals surface area contributed by atoms with Crippen molar-refractivity contribution in [1.29, 1.82) is 0 Å². The molecular formula is C18H36IN3O. The first-order valence-corrected chi connectivity index (χ1v) is 9.39. The Morgan fingerprint density at radius 1 is 1.13 bits per heavy atom. The molecule has 136 valence electrons. The molecule has 0 amide bonds. The Bertz CT molecular complexity index is 343. The van der Waals surface area contributed by atoms with E-state index >= 15 is 0 Å². The summed E-state index contributed by atoms with van der Waals surface area (Å²) < 4.78 is 5.75. The zero-order valence-electron chi connectivity index (χ0n) is 15.2. The summed E-state index contributed by atoms with van der Waals surface area (Å²) in [5, 5.41) is 3.49. The van der Waals surface area contributed by atoms with Crippen molar-refractivity contribution >= 4 is 29.9 Å². The van der Waals surface area contributed by atoms with Gasteiger partial charge in [0.2, 0.25) is 0 Å². The fraction of sp³-hybridized carbons (Fsp3) is 0.944. The van der Waals surface area contributed by atoms with Crippen molar-refractivity contribution in [2.24, 2.45) is 16.8 Å². The molecule has 1 saturated carbocycles. The predicted molar refractivity (Wildman–Crippen MR) is 109 cm³/mol. The van der Waals surface area contributed by atoms with E-state index in [1.54, 1.807) is 0 Å². The summed E-state index contributed by atoms with van der Waals surface area (Å²) in [6.45, 7) is 11.6. The third-order valence-electron chi connectivity index (χ3n) is 5.24. The van der Waals surface area contributed by atoms with Gasteiger partial charge in [0.05, 0.1) is 6.10 Å². The van der Waals surface area contributed by atoms with Gasteiger partial charge in [-0.2, -0.15) is 0 Å². The quantitative estimate of drug-likeness (QED) is 0.403.